The van der Waals surface area contributed by atoms with E-state index in [0.29, 0.717) is 17.9 Å². The van der Waals surface area contributed by atoms with Crippen molar-refractivity contribution in [3.05, 3.63) is 47.8 Å². The predicted molar refractivity (Wildman–Crippen MR) is 81.6 cm³/mol. The number of hydrogen-bond donors (Lipinski definition) is 1. The van der Waals surface area contributed by atoms with Gasteiger partial charge in [-0.1, -0.05) is 30.3 Å². The molecule has 0 fully saturated rings. The number of methoxy groups -OCH3 is 1. The van der Waals surface area contributed by atoms with Gasteiger partial charge < -0.3 is 10.5 Å². The average Bonchev–Trinajstić information content (AvgIpc) is 2.91. The maximum absolute atomic E-state index is 12.6. The molecule has 0 aliphatic carbocycles. The molecule has 1 atom stereocenters. The Kier molecular flexibility index (Phi) is 4.75. The van der Waals surface area contributed by atoms with Crippen molar-refractivity contribution in [3.8, 4) is 5.75 Å². The number of nitrogens with two attached hydrogens (primary N) is 1. The van der Waals surface area contributed by atoms with Crippen LogP contribution in [0.4, 0.5) is 0 Å². The molecule has 5 nitrogen and oxygen atoms in total. The number of Topliss-reactive ketones (excluding diaryl/α,β-unsaturated/α-hetero) is 1. The summed E-state index contributed by atoms with van der Waals surface area (Å²) in [5, 5.41) is 4.21. The van der Waals surface area contributed by atoms with Gasteiger partial charge in [0.25, 0.3) is 0 Å². The van der Waals surface area contributed by atoms with Crippen LogP contribution in [0.3, 0.4) is 0 Å². The summed E-state index contributed by atoms with van der Waals surface area (Å²) >= 11 is 0. The predicted octanol–water partition coefficient (Wildman–Crippen LogP) is 2.23. The first-order valence-corrected chi connectivity index (χ1v) is 6.99. The molecule has 1 aromatic carbocycles. The molecule has 21 heavy (non-hydrogen) atoms. The van der Waals surface area contributed by atoms with E-state index in [2.05, 4.69) is 5.10 Å². The summed E-state index contributed by atoms with van der Waals surface area (Å²) in [5.74, 6) is 0.319. The fourth-order valence-electron chi connectivity index (χ4n) is 2.26. The highest BCUT2D eigenvalue weighted by atomic mass is 16.5. The number of rotatable bonds is 6. The SMILES string of the molecule is COc1cnn(C(C)C)c1C(=O)C(N)Cc1ccccc1. The van der Waals surface area contributed by atoms with E-state index in [1.165, 1.54) is 7.11 Å². The van der Waals surface area contributed by atoms with Crippen LogP contribution in [0.15, 0.2) is 36.5 Å². The zero-order valence-electron chi connectivity index (χ0n) is 12.6. The molecule has 0 amide bonds. The Bertz CT molecular complexity index is 605. The second-order valence-electron chi connectivity index (χ2n) is 5.26. The smallest absolute Gasteiger partial charge is 0.201 e. The van der Waals surface area contributed by atoms with Crippen LogP contribution in [-0.2, 0) is 6.42 Å². The van der Waals surface area contributed by atoms with Gasteiger partial charge in [-0.25, -0.2) is 0 Å². The fraction of sp³-hybridized carbons (Fsp3) is 0.375. The number of carbonyl (C=O) groups excluding carboxylic acids is 1. The van der Waals surface area contributed by atoms with Gasteiger partial charge in [-0.3, -0.25) is 9.48 Å². The molecule has 1 heterocycles. The number of benzene rings is 1. The molecule has 5 heteroatoms. The minimum atomic E-state index is -0.615. The van der Waals surface area contributed by atoms with E-state index in [1.54, 1.807) is 10.9 Å². The molecule has 0 radical (unpaired) electrons. The third-order valence-corrected chi connectivity index (χ3v) is 3.34. The van der Waals surface area contributed by atoms with Crippen molar-refractivity contribution in [1.82, 2.24) is 9.78 Å². The molecular weight excluding hydrogens is 266 g/mol. The van der Waals surface area contributed by atoms with Crippen LogP contribution in [0.1, 0.15) is 35.9 Å². The quantitative estimate of drug-likeness (QED) is 0.827. The highest BCUT2D eigenvalue weighted by molar-refractivity contribution is 6.01. The van der Waals surface area contributed by atoms with E-state index >= 15 is 0 Å². The second kappa shape index (κ2) is 6.54. The van der Waals surface area contributed by atoms with Crippen molar-refractivity contribution in [2.75, 3.05) is 7.11 Å². The van der Waals surface area contributed by atoms with Crippen LogP contribution in [0.2, 0.25) is 0 Å². The Morgan fingerprint density at radius 1 is 1.33 bits per heavy atom. The first kappa shape index (κ1) is 15.3. The van der Waals surface area contributed by atoms with Crippen LogP contribution >= 0.6 is 0 Å². The number of aromatic nitrogens is 2. The lowest BCUT2D eigenvalue weighted by Crippen LogP contribution is -2.34. The maximum atomic E-state index is 12.6. The van der Waals surface area contributed by atoms with Gasteiger partial charge in [0.1, 0.15) is 5.69 Å². The maximum Gasteiger partial charge on any atom is 0.201 e. The topological polar surface area (TPSA) is 70.1 Å². The fourth-order valence-corrected chi connectivity index (χ4v) is 2.26. The molecule has 0 saturated heterocycles. The minimum Gasteiger partial charge on any atom is -0.493 e. The van der Waals surface area contributed by atoms with E-state index < -0.39 is 6.04 Å². The Hall–Kier alpha value is -2.14. The molecule has 2 N–H and O–H groups in total. The molecule has 0 saturated carbocycles. The lowest BCUT2D eigenvalue weighted by atomic mass is 10.0. The monoisotopic (exact) mass is 287 g/mol. The summed E-state index contributed by atoms with van der Waals surface area (Å²) in [7, 11) is 1.53. The second-order valence-corrected chi connectivity index (χ2v) is 5.26. The first-order chi connectivity index (χ1) is 10.0. The normalized spacial score (nSPS) is 12.4. The van der Waals surface area contributed by atoms with Gasteiger partial charge in [-0.15, -0.1) is 0 Å². The van der Waals surface area contributed by atoms with E-state index in [0.717, 1.165) is 5.56 Å². The van der Waals surface area contributed by atoms with Crippen LogP contribution in [0, 0.1) is 0 Å². The Morgan fingerprint density at radius 3 is 2.57 bits per heavy atom. The summed E-state index contributed by atoms with van der Waals surface area (Å²) in [6.07, 6.45) is 2.05. The molecule has 0 spiro atoms. The molecule has 0 aliphatic rings. The van der Waals surface area contributed by atoms with E-state index in [4.69, 9.17) is 10.5 Å². The summed E-state index contributed by atoms with van der Waals surface area (Å²) in [6.45, 7) is 3.93. The van der Waals surface area contributed by atoms with Crippen LogP contribution in [-0.4, -0.2) is 28.7 Å². The molecule has 2 rings (SSSR count). The standard InChI is InChI=1S/C16H21N3O2/c1-11(2)19-15(14(21-3)10-18-19)16(20)13(17)9-12-7-5-4-6-8-12/h4-8,10-11,13H,9,17H2,1-3H3. The van der Waals surface area contributed by atoms with Crippen molar-refractivity contribution >= 4 is 5.78 Å². The minimum absolute atomic E-state index is 0.0665. The summed E-state index contributed by atoms with van der Waals surface area (Å²) in [6, 6.07) is 9.19. The lowest BCUT2D eigenvalue weighted by molar-refractivity contribution is 0.0945. The molecular formula is C16H21N3O2. The van der Waals surface area contributed by atoms with Gasteiger partial charge in [-0.2, -0.15) is 5.10 Å². The largest absolute Gasteiger partial charge is 0.493 e. The zero-order chi connectivity index (χ0) is 15.4. The van der Waals surface area contributed by atoms with Crippen molar-refractivity contribution < 1.29 is 9.53 Å². The van der Waals surface area contributed by atoms with Gasteiger partial charge in [0.2, 0.25) is 5.78 Å². The van der Waals surface area contributed by atoms with Crippen molar-refractivity contribution in [1.29, 1.82) is 0 Å². The van der Waals surface area contributed by atoms with Crippen molar-refractivity contribution in [2.24, 2.45) is 5.73 Å². The Morgan fingerprint density at radius 2 is 2.00 bits per heavy atom. The molecule has 1 unspecified atom stereocenters. The van der Waals surface area contributed by atoms with Crippen LogP contribution in [0.5, 0.6) is 5.75 Å². The summed E-state index contributed by atoms with van der Waals surface area (Å²) in [4.78, 5) is 12.6. The van der Waals surface area contributed by atoms with Crippen LogP contribution < -0.4 is 10.5 Å². The third-order valence-electron chi connectivity index (χ3n) is 3.34. The number of hydrogen-bond acceptors (Lipinski definition) is 4. The summed E-state index contributed by atoms with van der Waals surface area (Å²) < 4.78 is 6.90. The zero-order valence-corrected chi connectivity index (χ0v) is 12.6. The highest BCUT2D eigenvalue weighted by Gasteiger charge is 2.25. The number of carbonyl (C=O) groups is 1. The molecule has 0 bridgehead atoms. The van der Waals surface area contributed by atoms with Gasteiger partial charge in [0, 0.05) is 6.04 Å². The molecule has 1 aromatic heterocycles. The molecule has 0 aliphatic heterocycles. The Balaban J connectivity index is 2.25. The van der Waals surface area contributed by atoms with Gasteiger partial charge in [-0.05, 0) is 25.8 Å². The first-order valence-electron chi connectivity index (χ1n) is 6.99. The van der Waals surface area contributed by atoms with Crippen molar-refractivity contribution in [2.45, 2.75) is 32.4 Å². The molecule has 2 aromatic rings. The van der Waals surface area contributed by atoms with Crippen LogP contribution in [0.25, 0.3) is 0 Å². The molecule has 112 valence electrons. The van der Waals surface area contributed by atoms with Gasteiger partial charge in [0.05, 0.1) is 19.3 Å². The Labute approximate surface area is 124 Å². The highest BCUT2D eigenvalue weighted by Crippen LogP contribution is 2.23. The van der Waals surface area contributed by atoms with E-state index in [-0.39, 0.29) is 11.8 Å². The van der Waals surface area contributed by atoms with E-state index in [1.807, 2.05) is 44.2 Å². The lowest BCUT2D eigenvalue weighted by Gasteiger charge is -2.15. The van der Waals surface area contributed by atoms with E-state index in [9.17, 15) is 4.79 Å². The number of ketones is 1. The third kappa shape index (κ3) is 3.31. The number of nitrogens with zero attached hydrogens (tertiary/aromatic N) is 2. The number of ether oxygens (including phenoxy) is 1. The van der Waals surface area contributed by atoms with Gasteiger partial charge in [0.15, 0.2) is 5.75 Å². The summed E-state index contributed by atoms with van der Waals surface area (Å²) in [5.41, 5.74) is 7.56. The van der Waals surface area contributed by atoms with Crippen molar-refractivity contribution in [3.63, 3.8) is 0 Å². The average molecular weight is 287 g/mol. The van der Waals surface area contributed by atoms with Gasteiger partial charge >= 0.3 is 0 Å².